The average Bonchev–Trinajstić information content (AvgIpc) is 2.96. The average molecular weight is 360 g/mol. The van der Waals surface area contributed by atoms with Crippen LogP contribution in [0.25, 0.3) is 11.2 Å². The first-order valence-electron chi connectivity index (χ1n) is 8.52. The minimum Gasteiger partial charge on any atom is -0.340 e. The molecule has 2 aromatic heterocycles. The Morgan fingerprint density at radius 1 is 1.28 bits per heavy atom. The first kappa shape index (κ1) is 17.8. The Kier molecular flexibility index (Phi) is 5.35. The topological polar surface area (TPSA) is 68.0 Å². The second-order valence-electron chi connectivity index (χ2n) is 6.26. The van der Waals surface area contributed by atoms with Crippen molar-refractivity contribution in [1.82, 2.24) is 24.4 Å². The monoisotopic (exact) mass is 360 g/mol. The number of imidazole rings is 1. The number of nitrogens with zero attached hydrogens (tertiary/aromatic N) is 5. The van der Waals surface area contributed by atoms with Gasteiger partial charge in [0.15, 0.2) is 16.3 Å². The first-order valence-corrected chi connectivity index (χ1v) is 9.40. The van der Waals surface area contributed by atoms with Crippen LogP contribution >= 0.6 is 11.8 Å². The second-order valence-corrected chi connectivity index (χ2v) is 7.80. The highest BCUT2D eigenvalue weighted by Crippen LogP contribution is 2.24. The van der Waals surface area contributed by atoms with E-state index >= 15 is 0 Å². The zero-order valence-corrected chi connectivity index (χ0v) is 16.0. The molecule has 0 spiro atoms. The molecule has 7 nitrogen and oxygen atoms in total. The van der Waals surface area contributed by atoms with Crippen molar-refractivity contribution in [3.63, 3.8) is 0 Å². The van der Waals surface area contributed by atoms with Crippen LogP contribution in [-0.2, 0) is 13.6 Å². The van der Waals surface area contributed by atoms with E-state index in [-0.39, 0.29) is 5.56 Å². The number of anilines is 1. The van der Waals surface area contributed by atoms with Crippen LogP contribution in [0.15, 0.2) is 9.95 Å². The normalized spacial score (nSPS) is 14.8. The molecular weight excluding hydrogens is 336 g/mol. The van der Waals surface area contributed by atoms with E-state index < -0.39 is 0 Å². The minimum atomic E-state index is -0.0695. The molecule has 1 N–H and O–H groups in total. The van der Waals surface area contributed by atoms with Crippen LogP contribution in [0.4, 0.5) is 5.95 Å². The lowest BCUT2D eigenvalue weighted by Crippen LogP contribution is -2.44. The van der Waals surface area contributed by atoms with Gasteiger partial charge in [0.25, 0.3) is 5.56 Å². The fraction of sp³-hybridized carbons (Fsp3) is 0.588. The van der Waals surface area contributed by atoms with Crippen molar-refractivity contribution >= 4 is 28.9 Å². The molecule has 2 aromatic rings. The van der Waals surface area contributed by atoms with E-state index in [4.69, 9.17) is 4.98 Å². The van der Waals surface area contributed by atoms with Crippen molar-refractivity contribution in [2.45, 2.75) is 37.7 Å². The van der Waals surface area contributed by atoms with Crippen LogP contribution in [0.1, 0.15) is 20.8 Å². The van der Waals surface area contributed by atoms with E-state index in [0.717, 1.165) is 32.1 Å². The van der Waals surface area contributed by atoms with Crippen LogP contribution in [0.5, 0.6) is 0 Å². The van der Waals surface area contributed by atoms with Gasteiger partial charge in [0.1, 0.15) is 0 Å². The summed E-state index contributed by atoms with van der Waals surface area (Å²) in [6.07, 6.45) is 0. The maximum absolute atomic E-state index is 13.0. The Labute approximate surface area is 151 Å². The Hall–Kier alpha value is -1.98. The number of thioether (sulfide) groups is 1. The third-order valence-electron chi connectivity index (χ3n) is 4.08. The number of piperazine rings is 1. The van der Waals surface area contributed by atoms with Crippen molar-refractivity contribution in [2.75, 3.05) is 31.1 Å². The fourth-order valence-electron chi connectivity index (χ4n) is 2.86. The van der Waals surface area contributed by atoms with Crippen molar-refractivity contribution in [2.24, 2.45) is 7.05 Å². The lowest BCUT2D eigenvalue weighted by atomic mass is 10.4. The molecule has 0 unspecified atom stereocenters. The van der Waals surface area contributed by atoms with Gasteiger partial charge < -0.3 is 10.2 Å². The lowest BCUT2D eigenvalue weighted by Gasteiger charge is -2.28. The van der Waals surface area contributed by atoms with Gasteiger partial charge in [0.2, 0.25) is 5.95 Å². The first-order chi connectivity index (χ1) is 12.0. The summed E-state index contributed by atoms with van der Waals surface area (Å²) in [6.45, 7) is 9.95. The number of rotatable bonds is 4. The maximum atomic E-state index is 13.0. The molecule has 25 heavy (non-hydrogen) atoms. The summed E-state index contributed by atoms with van der Waals surface area (Å²) < 4.78 is 3.53. The molecule has 1 aliphatic rings. The van der Waals surface area contributed by atoms with Crippen LogP contribution in [0, 0.1) is 11.8 Å². The highest BCUT2D eigenvalue weighted by molar-refractivity contribution is 7.99. The van der Waals surface area contributed by atoms with Gasteiger partial charge in [-0.3, -0.25) is 13.9 Å². The summed E-state index contributed by atoms with van der Waals surface area (Å²) in [5.41, 5.74) is 0.976. The Balaban J connectivity index is 2.19. The van der Waals surface area contributed by atoms with Crippen LogP contribution in [0.3, 0.4) is 0 Å². The third kappa shape index (κ3) is 3.53. The standard InChI is InChI=1S/C17H24N6OS/c1-5-6-9-23-13-14(19-16(23)22-10-7-18-8-11-22)20-17(25-12(2)3)21(4)15(13)24/h12,18H,7-11H2,1-4H3. The quantitative estimate of drug-likeness (QED) is 0.500. The summed E-state index contributed by atoms with van der Waals surface area (Å²) in [5, 5.41) is 4.38. The predicted molar refractivity (Wildman–Crippen MR) is 102 cm³/mol. The van der Waals surface area contributed by atoms with Gasteiger partial charge in [0, 0.05) is 38.5 Å². The third-order valence-corrected chi connectivity index (χ3v) is 5.13. The number of fused-ring (bicyclic) bond motifs is 1. The summed E-state index contributed by atoms with van der Waals surface area (Å²) in [5.74, 6) is 6.76. The molecule has 0 saturated carbocycles. The molecule has 8 heteroatoms. The van der Waals surface area contributed by atoms with Crippen LogP contribution in [-0.4, -0.2) is 50.5 Å². The molecule has 3 rings (SSSR count). The molecule has 0 bridgehead atoms. The molecule has 0 aliphatic carbocycles. The van der Waals surface area contributed by atoms with Crippen LogP contribution in [0.2, 0.25) is 0 Å². The van der Waals surface area contributed by atoms with Crippen molar-refractivity contribution < 1.29 is 0 Å². The van der Waals surface area contributed by atoms with Gasteiger partial charge in [0.05, 0.1) is 6.54 Å². The molecule has 3 heterocycles. The molecule has 0 aromatic carbocycles. The van der Waals surface area contributed by atoms with E-state index in [1.165, 1.54) is 0 Å². The Morgan fingerprint density at radius 3 is 2.64 bits per heavy atom. The number of nitrogens with one attached hydrogen (secondary N) is 1. The molecule has 134 valence electrons. The Bertz CT molecular complexity index is 882. The molecule has 0 radical (unpaired) electrons. The van der Waals surface area contributed by atoms with Crippen molar-refractivity contribution in [3.8, 4) is 11.8 Å². The van der Waals surface area contributed by atoms with Crippen molar-refractivity contribution in [1.29, 1.82) is 0 Å². The molecule has 0 amide bonds. The lowest BCUT2D eigenvalue weighted by molar-refractivity contribution is 0.573. The van der Waals surface area contributed by atoms with Gasteiger partial charge in [-0.05, 0) is 6.92 Å². The van der Waals surface area contributed by atoms with Crippen LogP contribution < -0.4 is 15.8 Å². The number of hydrogen-bond donors (Lipinski definition) is 1. The van der Waals surface area contributed by atoms with E-state index in [9.17, 15) is 4.79 Å². The second kappa shape index (κ2) is 7.50. The smallest absolute Gasteiger partial charge is 0.280 e. The van der Waals surface area contributed by atoms with E-state index in [0.29, 0.717) is 28.1 Å². The maximum Gasteiger partial charge on any atom is 0.280 e. The van der Waals surface area contributed by atoms with Gasteiger partial charge in [-0.15, -0.1) is 5.92 Å². The number of hydrogen-bond acceptors (Lipinski definition) is 6. The highest BCUT2D eigenvalue weighted by Gasteiger charge is 2.23. The predicted octanol–water partition coefficient (Wildman–Crippen LogP) is 1.06. The van der Waals surface area contributed by atoms with Gasteiger partial charge in [-0.1, -0.05) is 31.5 Å². The van der Waals surface area contributed by atoms with Crippen molar-refractivity contribution in [3.05, 3.63) is 10.4 Å². The van der Waals surface area contributed by atoms with E-state index in [2.05, 4.69) is 40.9 Å². The summed E-state index contributed by atoms with van der Waals surface area (Å²) in [6, 6.07) is 0. The molecule has 1 fully saturated rings. The molecule has 1 aliphatic heterocycles. The summed E-state index contributed by atoms with van der Waals surface area (Å²) in [4.78, 5) is 24.6. The van der Waals surface area contributed by atoms with Gasteiger partial charge in [-0.2, -0.15) is 4.98 Å². The highest BCUT2D eigenvalue weighted by atomic mass is 32.2. The largest absolute Gasteiger partial charge is 0.340 e. The van der Waals surface area contributed by atoms with Gasteiger partial charge >= 0.3 is 0 Å². The SMILES string of the molecule is CC#CCn1c(N2CCNCC2)nc2nc(SC(C)C)n(C)c(=O)c21. The molecule has 0 atom stereocenters. The van der Waals surface area contributed by atoms with E-state index in [1.54, 1.807) is 30.3 Å². The molecular formula is C17H24N6OS. The Morgan fingerprint density at radius 2 is 2.00 bits per heavy atom. The summed E-state index contributed by atoms with van der Waals surface area (Å²) >= 11 is 1.57. The summed E-state index contributed by atoms with van der Waals surface area (Å²) in [7, 11) is 1.77. The minimum absolute atomic E-state index is 0.0695. The van der Waals surface area contributed by atoms with Gasteiger partial charge in [-0.25, -0.2) is 4.98 Å². The number of aromatic nitrogens is 4. The zero-order valence-electron chi connectivity index (χ0n) is 15.2. The molecule has 1 saturated heterocycles. The fourth-order valence-corrected chi connectivity index (χ4v) is 3.66. The zero-order chi connectivity index (χ0) is 18.0. The van der Waals surface area contributed by atoms with E-state index in [1.807, 2.05) is 4.57 Å².